The molecule has 0 saturated carbocycles. The highest BCUT2D eigenvalue weighted by atomic mass is 35.5. The molecule has 2 rings (SSSR count). The van der Waals surface area contributed by atoms with Crippen molar-refractivity contribution in [1.82, 2.24) is 10.3 Å². The van der Waals surface area contributed by atoms with Gasteiger partial charge in [-0.3, -0.25) is 4.98 Å². The number of urea groups is 1. The first-order valence-corrected chi connectivity index (χ1v) is 6.26. The first kappa shape index (κ1) is 13.4. The summed E-state index contributed by atoms with van der Waals surface area (Å²) in [7, 11) is 0. The van der Waals surface area contributed by atoms with E-state index in [2.05, 4.69) is 15.6 Å². The third-order valence-electron chi connectivity index (χ3n) is 2.66. The van der Waals surface area contributed by atoms with Gasteiger partial charge in [-0.2, -0.15) is 0 Å². The minimum atomic E-state index is -0.258. The Morgan fingerprint density at radius 2 is 1.79 bits per heavy atom. The van der Waals surface area contributed by atoms with Crippen LogP contribution in [0.2, 0.25) is 5.02 Å². The van der Waals surface area contributed by atoms with E-state index in [9.17, 15) is 4.79 Å². The van der Waals surface area contributed by atoms with E-state index in [4.69, 9.17) is 11.6 Å². The predicted octanol–water partition coefficient (Wildman–Crippen LogP) is 3.62. The summed E-state index contributed by atoms with van der Waals surface area (Å²) in [6.07, 6.45) is 3.40. The van der Waals surface area contributed by atoms with E-state index < -0.39 is 0 Å². The van der Waals surface area contributed by atoms with Crippen LogP contribution >= 0.6 is 11.6 Å². The minimum Gasteiger partial charge on any atom is -0.331 e. The molecule has 1 aromatic heterocycles. The summed E-state index contributed by atoms with van der Waals surface area (Å²) in [6, 6.07) is 10.3. The van der Waals surface area contributed by atoms with Gasteiger partial charge in [0.25, 0.3) is 0 Å². The summed E-state index contributed by atoms with van der Waals surface area (Å²) in [5, 5.41) is 6.23. The normalized spacial score (nSPS) is 11.7. The van der Waals surface area contributed by atoms with Gasteiger partial charge in [0, 0.05) is 23.1 Å². The van der Waals surface area contributed by atoms with Gasteiger partial charge >= 0.3 is 6.03 Å². The molecule has 19 heavy (non-hydrogen) atoms. The predicted molar refractivity (Wildman–Crippen MR) is 76.3 cm³/mol. The molecule has 2 aromatic rings. The van der Waals surface area contributed by atoms with Gasteiger partial charge in [-0.15, -0.1) is 0 Å². The van der Waals surface area contributed by atoms with Crippen LogP contribution in [0.3, 0.4) is 0 Å². The van der Waals surface area contributed by atoms with Crippen molar-refractivity contribution < 1.29 is 4.79 Å². The molecule has 1 aromatic carbocycles. The molecule has 0 bridgehead atoms. The summed E-state index contributed by atoms with van der Waals surface area (Å²) < 4.78 is 0. The summed E-state index contributed by atoms with van der Waals surface area (Å²) in [6.45, 7) is 1.91. The molecule has 0 aliphatic rings. The Bertz CT molecular complexity index is 542. The standard InChI is InChI=1S/C14H14ClN3O/c1-10(11-6-8-16-9-7-11)17-14(19)18-13-4-2-12(15)3-5-13/h2-10H,1H3,(H2,17,18,19)/t10-/m1/s1. The number of carbonyl (C=O) groups is 1. The van der Waals surface area contributed by atoms with Crippen molar-refractivity contribution in [2.24, 2.45) is 0 Å². The molecular weight excluding hydrogens is 262 g/mol. The minimum absolute atomic E-state index is 0.0877. The van der Waals surface area contributed by atoms with E-state index in [0.717, 1.165) is 5.56 Å². The molecule has 0 radical (unpaired) electrons. The van der Waals surface area contributed by atoms with Crippen molar-refractivity contribution in [2.75, 3.05) is 5.32 Å². The van der Waals surface area contributed by atoms with Crippen molar-refractivity contribution in [3.63, 3.8) is 0 Å². The lowest BCUT2D eigenvalue weighted by Gasteiger charge is -2.14. The van der Waals surface area contributed by atoms with Crippen LogP contribution in [0.25, 0.3) is 0 Å². The molecule has 1 heterocycles. The zero-order chi connectivity index (χ0) is 13.7. The van der Waals surface area contributed by atoms with Crippen LogP contribution in [0, 0.1) is 0 Å². The van der Waals surface area contributed by atoms with Gasteiger partial charge < -0.3 is 10.6 Å². The maximum absolute atomic E-state index is 11.8. The number of hydrogen-bond donors (Lipinski definition) is 2. The lowest BCUT2D eigenvalue weighted by molar-refractivity contribution is 0.249. The monoisotopic (exact) mass is 275 g/mol. The number of nitrogens with zero attached hydrogens (tertiary/aromatic N) is 1. The SMILES string of the molecule is C[C@@H](NC(=O)Nc1ccc(Cl)cc1)c1ccncc1. The average Bonchev–Trinajstić information content (AvgIpc) is 2.42. The van der Waals surface area contributed by atoms with Crippen LogP contribution < -0.4 is 10.6 Å². The number of amides is 2. The fourth-order valence-corrected chi connectivity index (χ4v) is 1.76. The molecule has 2 N–H and O–H groups in total. The fourth-order valence-electron chi connectivity index (χ4n) is 1.63. The van der Waals surface area contributed by atoms with Crippen LogP contribution in [-0.2, 0) is 0 Å². The van der Waals surface area contributed by atoms with Gasteiger partial charge in [0.2, 0.25) is 0 Å². The smallest absolute Gasteiger partial charge is 0.319 e. The van der Waals surface area contributed by atoms with Crippen molar-refractivity contribution in [1.29, 1.82) is 0 Å². The molecular formula is C14H14ClN3O. The quantitative estimate of drug-likeness (QED) is 0.899. The van der Waals surface area contributed by atoms with E-state index >= 15 is 0 Å². The number of hydrogen-bond acceptors (Lipinski definition) is 2. The topological polar surface area (TPSA) is 54.0 Å². The van der Waals surface area contributed by atoms with E-state index in [-0.39, 0.29) is 12.1 Å². The Morgan fingerprint density at radius 3 is 2.42 bits per heavy atom. The van der Waals surface area contributed by atoms with E-state index in [1.807, 2.05) is 19.1 Å². The Hall–Kier alpha value is -2.07. The Kier molecular flexibility index (Phi) is 4.36. The molecule has 0 aliphatic heterocycles. The van der Waals surface area contributed by atoms with Gasteiger partial charge in [0.15, 0.2) is 0 Å². The second kappa shape index (κ2) is 6.20. The van der Waals surface area contributed by atoms with Gasteiger partial charge in [0.05, 0.1) is 6.04 Å². The number of aromatic nitrogens is 1. The Balaban J connectivity index is 1.93. The summed E-state index contributed by atoms with van der Waals surface area (Å²) in [5.41, 5.74) is 1.70. The first-order valence-electron chi connectivity index (χ1n) is 5.88. The molecule has 5 heteroatoms. The lowest BCUT2D eigenvalue weighted by Crippen LogP contribution is -2.31. The van der Waals surface area contributed by atoms with Crippen LogP contribution in [0.4, 0.5) is 10.5 Å². The first-order chi connectivity index (χ1) is 9.15. The van der Waals surface area contributed by atoms with Crippen molar-refractivity contribution in [2.45, 2.75) is 13.0 Å². The number of rotatable bonds is 3. The number of benzene rings is 1. The Morgan fingerprint density at radius 1 is 1.16 bits per heavy atom. The van der Waals surface area contributed by atoms with Crippen molar-refractivity contribution >= 4 is 23.3 Å². The Labute approximate surface area is 116 Å². The third-order valence-corrected chi connectivity index (χ3v) is 2.91. The highest BCUT2D eigenvalue weighted by Gasteiger charge is 2.08. The van der Waals surface area contributed by atoms with Crippen LogP contribution in [-0.4, -0.2) is 11.0 Å². The summed E-state index contributed by atoms with van der Waals surface area (Å²) >= 11 is 5.78. The number of nitrogens with one attached hydrogen (secondary N) is 2. The zero-order valence-electron chi connectivity index (χ0n) is 10.4. The largest absolute Gasteiger partial charge is 0.331 e. The van der Waals surface area contributed by atoms with Crippen LogP contribution in [0.1, 0.15) is 18.5 Å². The zero-order valence-corrected chi connectivity index (χ0v) is 11.2. The molecule has 0 spiro atoms. The van der Waals surface area contributed by atoms with Gasteiger partial charge in [0.1, 0.15) is 0 Å². The van der Waals surface area contributed by atoms with E-state index in [1.54, 1.807) is 36.7 Å². The van der Waals surface area contributed by atoms with E-state index in [1.165, 1.54) is 0 Å². The molecule has 0 unspecified atom stereocenters. The molecule has 0 aliphatic carbocycles. The molecule has 98 valence electrons. The maximum atomic E-state index is 11.8. The molecule has 0 fully saturated rings. The van der Waals surface area contributed by atoms with Gasteiger partial charge in [-0.1, -0.05) is 11.6 Å². The van der Waals surface area contributed by atoms with Crippen molar-refractivity contribution in [3.05, 3.63) is 59.4 Å². The lowest BCUT2D eigenvalue weighted by atomic mass is 10.1. The summed E-state index contributed by atoms with van der Waals surface area (Å²) in [5.74, 6) is 0. The maximum Gasteiger partial charge on any atom is 0.319 e. The highest BCUT2D eigenvalue weighted by Crippen LogP contribution is 2.14. The molecule has 2 amide bonds. The fraction of sp³-hybridized carbons (Fsp3) is 0.143. The molecule has 0 saturated heterocycles. The second-order valence-corrected chi connectivity index (χ2v) is 4.54. The highest BCUT2D eigenvalue weighted by molar-refractivity contribution is 6.30. The third kappa shape index (κ3) is 3.96. The molecule has 4 nitrogen and oxygen atoms in total. The second-order valence-electron chi connectivity index (χ2n) is 4.11. The molecule has 1 atom stereocenters. The summed E-state index contributed by atoms with van der Waals surface area (Å²) in [4.78, 5) is 15.8. The van der Waals surface area contributed by atoms with Gasteiger partial charge in [-0.25, -0.2) is 4.79 Å². The van der Waals surface area contributed by atoms with Crippen LogP contribution in [0.15, 0.2) is 48.8 Å². The number of anilines is 1. The van der Waals surface area contributed by atoms with Crippen LogP contribution in [0.5, 0.6) is 0 Å². The number of carbonyl (C=O) groups excluding carboxylic acids is 1. The number of pyridine rings is 1. The van der Waals surface area contributed by atoms with E-state index in [0.29, 0.717) is 10.7 Å². The average molecular weight is 276 g/mol. The number of halogens is 1. The van der Waals surface area contributed by atoms with Crippen molar-refractivity contribution in [3.8, 4) is 0 Å². The van der Waals surface area contributed by atoms with Gasteiger partial charge in [-0.05, 0) is 48.9 Å².